The second kappa shape index (κ2) is 9.76. The normalized spacial score (nSPS) is 14.4. The van der Waals surface area contributed by atoms with E-state index in [9.17, 15) is 18.0 Å². The molecule has 0 aliphatic carbocycles. The van der Waals surface area contributed by atoms with Gasteiger partial charge in [0.25, 0.3) is 5.91 Å². The Kier molecular flexibility index (Phi) is 7.09. The van der Waals surface area contributed by atoms with E-state index in [0.717, 1.165) is 17.4 Å². The summed E-state index contributed by atoms with van der Waals surface area (Å²) in [7, 11) is -2.06. The fraction of sp³-hybridized carbons (Fsp3) is 0.273. The third-order valence-electron chi connectivity index (χ3n) is 4.99. The minimum atomic E-state index is -3.66. The third-order valence-corrected chi connectivity index (χ3v) is 6.84. The van der Waals surface area contributed by atoms with Gasteiger partial charge in [-0.05, 0) is 54.5 Å². The molecule has 0 atom stereocenters. The number of sulfonamides is 1. The summed E-state index contributed by atoms with van der Waals surface area (Å²) in [4.78, 5) is 23.7. The van der Waals surface area contributed by atoms with E-state index in [1.165, 1.54) is 28.6 Å². The molecule has 0 bridgehead atoms. The van der Waals surface area contributed by atoms with Crippen LogP contribution in [0.3, 0.4) is 0 Å². The maximum atomic E-state index is 12.7. The summed E-state index contributed by atoms with van der Waals surface area (Å²) >= 11 is 0. The molecule has 1 aliphatic heterocycles. The van der Waals surface area contributed by atoms with E-state index in [2.05, 4.69) is 17.2 Å². The summed E-state index contributed by atoms with van der Waals surface area (Å²) < 4.78 is 31.7. The Morgan fingerprint density at radius 3 is 2.35 bits per heavy atom. The standard InChI is InChI=1S/C22H25N3O5S/c1-3-21(26)24-18-14-25(15-18)31(28,29)20-10-6-17(7-11-20)22(27)23-13-12-16-4-8-19(30-2)9-5-16/h3-11,18H,1,12-15H2,2H3,(H,23,27)(H,24,26). The van der Waals surface area contributed by atoms with Gasteiger partial charge in [-0.25, -0.2) is 8.42 Å². The molecule has 0 aromatic heterocycles. The van der Waals surface area contributed by atoms with Gasteiger partial charge in [-0.15, -0.1) is 0 Å². The van der Waals surface area contributed by atoms with Gasteiger partial charge in [0, 0.05) is 25.2 Å². The Morgan fingerprint density at radius 1 is 1.13 bits per heavy atom. The summed E-state index contributed by atoms with van der Waals surface area (Å²) in [6.07, 6.45) is 1.82. The van der Waals surface area contributed by atoms with Gasteiger partial charge < -0.3 is 15.4 Å². The molecule has 1 aliphatic rings. The average Bonchev–Trinajstić information content (AvgIpc) is 2.76. The number of nitrogens with one attached hydrogen (secondary N) is 2. The topological polar surface area (TPSA) is 105 Å². The summed E-state index contributed by atoms with van der Waals surface area (Å²) in [5, 5.41) is 5.49. The van der Waals surface area contributed by atoms with Crippen LogP contribution in [0.25, 0.3) is 0 Å². The number of nitrogens with zero attached hydrogens (tertiary/aromatic N) is 1. The molecule has 9 heteroatoms. The van der Waals surface area contributed by atoms with Crippen LogP contribution in [0.4, 0.5) is 0 Å². The van der Waals surface area contributed by atoms with Gasteiger partial charge >= 0.3 is 0 Å². The Morgan fingerprint density at radius 2 is 1.77 bits per heavy atom. The molecule has 0 spiro atoms. The van der Waals surface area contributed by atoms with Gasteiger partial charge in [0.1, 0.15) is 5.75 Å². The van der Waals surface area contributed by atoms with Crippen molar-refractivity contribution in [2.45, 2.75) is 17.4 Å². The highest BCUT2D eigenvalue weighted by molar-refractivity contribution is 7.89. The number of hydrogen-bond acceptors (Lipinski definition) is 5. The van der Waals surface area contributed by atoms with Crippen molar-refractivity contribution in [2.24, 2.45) is 0 Å². The monoisotopic (exact) mass is 443 g/mol. The highest BCUT2D eigenvalue weighted by atomic mass is 32.2. The summed E-state index contributed by atoms with van der Waals surface area (Å²) in [6, 6.07) is 13.2. The number of methoxy groups -OCH3 is 1. The minimum absolute atomic E-state index is 0.107. The number of benzene rings is 2. The number of amides is 2. The molecule has 2 N–H and O–H groups in total. The molecule has 1 saturated heterocycles. The van der Waals surface area contributed by atoms with Crippen molar-refractivity contribution in [2.75, 3.05) is 26.7 Å². The lowest BCUT2D eigenvalue weighted by Gasteiger charge is -2.38. The number of carbonyl (C=O) groups is 2. The third kappa shape index (κ3) is 5.50. The van der Waals surface area contributed by atoms with E-state index in [4.69, 9.17) is 4.74 Å². The van der Waals surface area contributed by atoms with Crippen LogP contribution in [-0.2, 0) is 21.2 Å². The second-order valence-corrected chi connectivity index (χ2v) is 9.05. The molecule has 2 amide bonds. The summed E-state index contributed by atoms with van der Waals surface area (Å²) in [5.41, 5.74) is 1.45. The van der Waals surface area contributed by atoms with Gasteiger partial charge in [-0.3, -0.25) is 9.59 Å². The molecule has 8 nitrogen and oxygen atoms in total. The zero-order chi connectivity index (χ0) is 22.4. The lowest BCUT2D eigenvalue weighted by Crippen LogP contribution is -2.60. The Bertz CT molecular complexity index is 1040. The molecule has 1 heterocycles. The zero-order valence-electron chi connectivity index (χ0n) is 17.2. The molecule has 0 unspecified atom stereocenters. The minimum Gasteiger partial charge on any atom is -0.497 e. The van der Waals surface area contributed by atoms with Crippen molar-refractivity contribution in [3.05, 3.63) is 72.3 Å². The SMILES string of the molecule is C=CC(=O)NC1CN(S(=O)(=O)c2ccc(C(=O)NCCc3ccc(OC)cc3)cc2)C1. The van der Waals surface area contributed by atoms with Crippen molar-refractivity contribution in [3.8, 4) is 5.75 Å². The van der Waals surface area contributed by atoms with E-state index >= 15 is 0 Å². The number of hydrogen-bond donors (Lipinski definition) is 2. The van der Waals surface area contributed by atoms with Crippen molar-refractivity contribution >= 4 is 21.8 Å². The molecule has 2 aromatic carbocycles. The van der Waals surface area contributed by atoms with Crippen LogP contribution in [-0.4, -0.2) is 57.3 Å². The second-order valence-electron chi connectivity index (χ2n) is 7.11. The van der Waals surface area contributed by atoms with Crippen LogP contribution in [0.5, 0.6) is 5.75 Å². The van der Waals surface area contributed by atoms with Gasteiger partial charge in [-0.2, -0.15) is 4.31 Å². The largest absolute Gasteiger partial charge is 0.497 e. The fourth-order valence-corrected chi connectivity index (χ4v) is 4.66. The quantitative estimate of drug-likeness (QED) is 0.569. The predicted octanol–water partition coefficient (Wildman–Crippen LogP) is 1.34. The summed E-state index contributed by atoms with van der Waals surface area (Å²) in [5.74, 6) is 0.177. The van der Waals surface area contributed by atoms with Crippen LogP contribution in [0, 0.1) is 0 Å². The van der Waals surface area contributed by atoms with E-state index in [0.29, 0.717) is 18.5 Å². The van der Waals surface area contributed by atoms with Gasteiger partial charge in [-0.1, -0.05) is 18.7 Å². The zero-order valence-corrected chi connectivity index (χ0v) is 18.0. The summed E-state index contributed by atoms with van der Waals surface area (Å²) in [6.45, 7) is 4.23. The van der Waals surface area contributed by atoms with Crippen molar-refractivity contribution < 1.29 is 22.7 Å². The van der Waals surface area contributed by atoms with Crippen molar-refractivity contribution in [1.82, 2.24) is 14.9 Å². The van der Waals surface area contributed by atoms with Gasteiger partial charge in [0.05, 0.1) is 18.0 Å². The maximum absolute atomic E-state index is 12.7. The lowest BCUT2D eigenvalue weighted by molar-refractivity contribution is -0.117. The number of carbonyl (C=O) groups excluding carboxylic acids is 2. The number of rotatable bonds is 9. The van der Waals surface area contributed by atoms with E-state index in [1.54, 1.807) is 7.11 Å². The smallest absolute Gasteiger partial charge is 0.251 e. The average molecular weight is 444 g/mol. The maximum Gasteiger partial charge on any atom is 0.251 e. The molecular formula is C22H25N3O5S. The molecule has 1 fully saturated rings. The van der Waals surface area contributed by atoms with E-state index in [-0.39, 0.29) is 35.8 Å². The molecule has 164 valence electrons. The van der Waals surface area contributed by atoms with Crippen LogP contribution in [0.15, 0.2) is 66.1 Å². The first-order valence-corrected chi connectivity index (χ1v) is 11.2. The molecule has 0 saturated carbocycles. The first-order valence-electron chi connectivity index (χ1n) is 9.78. The Hall–Kier alpha value is -3.17. The van der Waals surface area contributed by atoms with Gasteiger partial charge in [0.2, 0.25) is 15.9 Å². The van der Waals surface area contributed by atoms with E-state index < -0.39 is 10.0 Å². The van der Waals surface area contributed by atoms with Crippen LogP contribution in [0.1, 0.15) is 15.9 Å². The van der Waals surface area contributed by atoms with Crippen molar-refractivity contribution in [3.63, 3.8) is 0 Å². The fourth-order valence-electron chi connectivity index (χ4n) is 3.13. The highest BCUT2D eigenvalue weighted by Crippen LogP contribution is 2.22. The van der Waals surface area contributed by atoms with E-state index in [1.807, 2.05) is 24.3 Å². The predicted molar refractivity (Wildman–Crippen MR) is 116 cm³/mol. The van der Waals surface area contributed by atoms with Crippen LogP contribution < -0.4 is 15.4 Å². The van der Waals surface area contributed by atoms with Crippen LogP contribution >= 0.6 is 0 Å². The Labute approximate surface area is 181 Å². The van der Waals surface area contributed by atoms with Crippen molar-refractivity contribution in [1.29, 1.82) is 0 Å². The van der Waals surface area contributed by atoms with Crippen LogP contribution in [0.2, 0.25) is 0 Å². The lowest BCUT2D eigenvalue weighted by atomic mass is 10.1. The molecule has 2 aromatic rings. The molecule has 0 radical (unpaired) electrons. The molecule has 3 rings (SSSR count). The number of ether oxygens (including phenoxy) is 1. The Balaban J connectivity index is 1.51. The molecular weight excluding hydrogens is 418 g/mol. The highest BCUT2D eigenvalue weighted by Gasteiger charge is 2.37. The first kappa shape index (κ1) is 22.5. The van der Waals surface area contributed by atoms with Gasteiger partial charge in [0.15, 0.2) is 0 Å². The molecule has 31 heavy (non-hydrogen) atoms. The first-order chi connectivity index (χ1) is 14.8.